The SMILES string of the molecule is Cc1cccc(-n2c(=O)[nH]c3ccc(F)cc3c2=O)c1C. The first-order chi connectivity index (χ1) is 9.99. The van der Waals surface area contributed by atoms with E-state index in [1.807, 2.05) is 19.9 Å². The molecule has 4 nitrogen and oxygen atoms in total. The highest BCUT2D eigenvalue weighted by molar-refractivity contribution is 5.77. The summed E-state index contributed by atoms with van der Waals surface area (Å²) in [5.74, 6) is -0.515. The summed E-state index contributed by atoms with van der Waals surface area (Å²) >= 11 is 0. The molecule has 0 aliphatic rings. The van der Waals surface area contributed by atoms with Crippen molar-refractivity contribution in [1.82, 2.24) is 9.55 Å². The van der Waals surface area contributed by atoms with Gasteiger partial charge in [-0.15, -0.1) is 0 Å². The Labute approximate surface area is 119 Å². The normalized spacial score (nSPS) is 11.0. The Balaban J connectivity index is 2.46. The zero-order valence-electron chi connectivity index (χ0n) is 11.6. The first-order valence-corrected chi connectivity index (χ1v) is 6.50. The molecule has 5 heteroatoms. The summed E-state index contributed by atoms with van der Waals surface area (Å²) < 4.78 is 14.4. The third kappa shape index (κ3) is 2.07. The van der Waals surface area contributed by atoms with Crippen LogP contribution in [0.1, 0.15) is 11.1 Å². The number of halogens is 1. The molecule has 3 rings (SSSR count). The molecule has 0 saturated carbocycles. The fourth-order valence-corrected chi connectivity index (χ4v) is 2.38. The van der Waals surface area contributed by atoms with Crippen LogP contribution in [-0.2, 0) is 0 Å². The molecule has 21 heavy (non-hydrogen) atoms. The van der Waals surface area contributed by atoms with Crippen molar-refractivity contribution < 1.29 is 4.39 Å². The number of aryl methyl sites for hydroxylation is 1. The third-order valence-corrected chi connectivity index (χ3v) is 3.68. The van der Waals surface area contributed by atoms with Crippen molar-refractivity contribution in [2.24, 2.45) is 0 Å². The molecule has 2 aromatic carbocycles. The summed E-state index contributed by atoms with van der Waals surface area (Å²) in [7, 11) is 0. The molecule has 0 fully saturated rings. The summed E-state index contributed by atoms with van der Waals surface area (Å²) in [6.45, 7) is 3.74. The number of H-pyrrole nitrogens is 1. The number of fused-ring (bicyclic) bond motifs is 1. The van der Waals surface area contributed by atoms with E-state index in [1.165, 1.54) is 12.1 Å². The van der Waals surface area contributed by atoms with Crippen molar-refractivity contribution in [2.45, 2.75) is 13.8 Å². The molecular weight excluding hydrogens is 271 g/mol. The van der Waals surface area contributed by atoms with Gasteiger partial charge in [-0.05, 0) is 49.2 Å². The van der Waals surface area contributed by atoms with Crippen molar-refractivity contribution >= 4 is 10.9 Å². The lowest BCUT2D eigenvalue weighted by Gasteiger charge is -2.11. The predicted octanol–water partition coefficient (Wildman–Crippen LogP) is 2.43. The molecule has 3 aromatic rings. The van der Waals surface area contributed by atoms with E-state index in [9.17, 15) is 14.0 Å². The van der Waals surface area contributed by atoms with Crippen LogP contribution in [0, 0.1) is 19.7 Å². The Bertz CT molecular complexity index is 970. The Kier molecular flexibility index (Phi) is 2.97. The zero-order valence-corrected chi connectivity index (χ0v) is 11.6. The number of aromatic amines is 1. The van der Waals surface area contributed by atoms with E-state index in [4.69, 9.17) is 0 Å². The van der Waals surface area contributed by atoms with E-state index in [2.05, 4.69) is 4.98 Å². The largest absolute Gasteiger partial charge is 0.333 e. The van der Waals surface area contributed by atoms with Crippen molar-refractivity contribution in [2.75, 3.05) is 0 Å². The van der Waals surface area contributed by atoms with Gasteiger partial charge in [-0.25, -0.2) is 13.8 Å². The minimum Gasteiger partial charge on any atom is -0.306 e. The van der Waals surface area contributed by atoms with Crippen LogP contribution in [0.5, 0.6) is 0 Å². The predicted molar refractivity (Wildman–Crippen MR) is 79.6 cm³/mol. The number of hydrogen-bond donors (Lipinski definition) is 1. The average Bonchev–Trinajstić information content (AvgIpc) is 2.44. The van der Waals surface area contributed by atoms with Crippen molar-refractivity contribution in [1.29, 1.82) is 0 Å². The highest BCUT2D eigenvalue weighted by Crippen LogP contribution is 2.15. The van der Waals surface area contributed by atoms with Crippen LogP contribution < -0.4 is 11.2 Å². The van der Waals surface area contributed by atoms with E-state index >= 15 is 0 Å². The maximum Gasteiger partial charge on any atom is 0.333 e. The average molecular weight is 284 g/mol. The minimum absolute atomic E-state index is 0.149. The van der Waals surface area contributed by atoms with Crippen LogP contribution in [0.4, 0.5) is 4.39 Å². The van der Waals surface area contributed by atoms with Crippen LogP contribution in [0.3, 0.4) is 0 Å². The van der Waals surface area contributed by atoms with E-state index < -0.39 is 17.1 Å². The van der Waals surface area contributed by atoms with E-state index in [0.29, 0.717) is 11.2 Å². The molecule has 106 valence electrons. The molecule has 0 saturated heterocycles. The minimum atomic E-state index is -0.534. The second-order valence-corrected chi connectivity index (χ2v) is 4.98. The van der Waals surface area contributed by atoms with Gasteiger partial charge in [0.05, 0.1) is 16.6 Å². The molecule has 0 amide bonds. The zero-order chi connectivity index (χ0) is 15.1. The molecule has 0 bridgehead atoms. The first-order valence-electron chi connectivity index (χ1n) is 6.50. The number of aromatic nitrogens is 2. The first kappa shape index (κ1) is 13.3. The van der Waals surface area contributed by atoms with Gasteiger partial charge in [0, 0.05) is 0 Å². The summed E-state index contributed by atoms with van der Waals surface area (Å²) in [5.41, 5.74) is 1.58. The van der Waals surface area contributed by atoms with E-state index in [1.54, 1.807) is 12.1 Å². The van der Waals surface area contributed by atoms with Crippen LogP contribution in [0.2, 0.25) is 0 Å². The van der Waals surface area contributed by atoms with Crippen LogP contribution >= 0.6 is 0 Å². The van der Waals surface area contributed by atoms with Gasteiger partial charge in [0.25, 0.3) is 5.56 Å². The van der Waals surface area contributed by atoms with Crippen LogP contribution in [0.15, 0.2) is 46.0 Å². The summed E-state index contributed by atoms with van der Waals surface area (Å²) in [6, 6.07) is 9.11. The Morgan fingerprint density at radius 1 is 1.10 bits per heavy atom. The Morgan fingerprint density at radius 3 is 2.62 bits per heavy atom. The van der Waals surface area contributed by atoms with Gasteiger partial charge in [0.2, 0.25) is 0 Å². The van der Waals surface area contributed by atoms with E-state index in [-0.39, 0.29) is 5.39 Å². The fourth-order valence-electron chi connectivity index (χ4n) is 2.38. The Hall–Kier alpha value is -2.69. The number of rotatable bonds is 1. The topological polar surface area (TPSA) is 54.9 Å². The monoisotopic (exact) mass is 284 g/mol. The molecular formula is C16H13FN2O2. The lowest BCUT2D eigenvalue weighted by atomic mass is 10.1. The highest BCUT2D eigenvalue weighted by Gasteiger charge is 2.12. The highest BCUT2D eigenvalue weighted by atomic mass is 19.1. The van der Waals surface area contributed by atoms with Crippen molar-refractivity contribution in [3.05, 3.63) is 74.2 Å². The number of nitrogens with zero attached hydrogens (tertiary/aromatic N) is 1. The van der Waals surface area contributed by atoms with Gasteiger partial charge in [-0.2, -0.15) is 0 Å². The number of benzene rings is 2. The molecule has 0 atom stereocenters. The molecule has 1 aromatic heterocycles. The van der Waals surface area contributed by atoms with Crippen LogP contribution in [-0.4, -0.2) is 9.55 Å². The number of nitrogens with one attached hydrogen (secondary N) is 1. The molecule has 0 aliphatic heterocycles. The maximum absolute atomic E-state index is 13.4. The molecule has 1 N–H and O–H groups in total. The Morgan fingerprint density at radius 2 is 1.86 bits per heavy atom. The van der Waals surface area contributed by atoms with Gasteiger partial charge in [0.15, 0.2) is 0 Å². The molecule has 0 unspecified atom stereocenters. The van der Waals surface area contributed by atoms with E-state index in [0.717, 1.165) is 21.8 Å². The van der Waals surface area contributed by atoms with Gasteiger partial charge in [0.1, 0.15) is 5.82 Å². The van der Waals surface area contributed by atoms with Crippen molar-refractivity contribution in [3.8, 4) is 5.69 Å². The lowest BCUT2D eigenvalue weighted by molar-refractivity contribution is 0.629. The second-order valence-electron chi connectivity index (χ2n) is 4.98. The molecule has 0 radical (unpaired) electrons. The smallest absolute Gasteiger partial charge is 0.306 e. The quantitative estimate of drug-likeness (QED) is 0.746. The third-order valence-electron chi connectivity index (χ3n) is 3.68. The van der Waals surface area contributed by atoms with Gasteiger partial charge < -0.3 is 4.98 Å². The van der Waals surface area contributed by atoms with Gasteiger partial charge >= 0.3 is 5.69 Å². The fraction of sp³-hybridized carbons (Fsp3) is 0.125. The summed E-state index contributed by atoms with van der Waals surface area (Å²) in [6.07, 6.45) is 0. The summed E-state index contributed by atoms with van der Waals surface area (Å²) in [5, 5.41) is 0.149. The lowest BCUT2D eigenvalue weighted by Crippen LogP contribution is -2.34. The standard InChI is InChI=1S/C16H13FN2O2/c1-9-4-3-5-14(10(9)2)19-15(20)12-8-11(17)6-7-13(12)18-16(19)21/h3-8H,1-2H3,(H,18,21). The molecule has 1 heterocycles. The second kappa shape index (κ2) is 4.70. The maximum atomic E-state index is 13.4. The van der Waals surface area contributed by atoms with Crippen LogP contribution in [0.25, 0.3) is 16.6 Å². The van der Waals surface area contributed by atoms with Gasteiger partial charge in [-0.1, -0.05) is 12.1 Å². The molecule has 0 spiro atoms. The number of hydrogen-bond acceptors (Lipinski definition) is 2. The molecule has 0 aliphatic carbocycles. The van der Waals surface area contributed by atoms with Crippen molar-refractivity contribution in [3.63, 3.8) is 0 Å². The van der Waals surface area contributed by atoms with Gasteiger partial charge in [-0.3, -0.25) is 4.79 Å². The summed E-state index contributed by atoms with van der Waals surface area (Å²) in [4.78, 5) is 27.4.